The van der Waals surface area contributed by atoms with Gasteiger partial charge in [0.25, 0.3) is 0 Å². The van der Waals surface area contributed by atoms with Crippen LogP contribution in [0.5, 0.6) is 5.88 Å². The number of esters is 1. The van der Waals surface area contributed by atoms with Gasteiger partial charge in [0.1, 0.15) is 0 Å². The molecule has 5 heteroatoms. The highest BCUT2D eigenvalue weighted by atomic mass is 35.5. The molecule has 4 rings (SSSR count). The van der Waals surface area contributed by atoms with E-state index >= 15 is 0 Å². The number of hydrogen-bond donors (Lipinski definition) is 1. The minimum Gasteiger partial charge on any atom is -0.494 e. The molecule has 4 nitrogen and oxygen atoms in total. The first-order valence-electron chi connectivity index (χ1n) is 8.29. The van der Waals surface area contributed by atoms with Crippen molar-refractivity contribution in [2.75, 3.05) is 7.11 Å². The van der Waals surface area contributed by atoms with E-state index in [9.17, 15) is 9.90 Å². The van der Waals surface area contributed by atoms with Gasteiger partial charge in [-0.1, -0.05) is 29.8 Å². The van der Waals surface area contributed by atoms with Crippen molar-refractivity contribution in [1.82, 2.24) is 4.57 Å². The van der Waals surface area contributed by atoms with Gasteiger partial charge in [0.15, 0.2) is 0 Å². The monoisotopic (exact) mass is 355 g/mol. The average Bonchev–Trinajstić information content (AvgIpc) is 2.98. The molecule has 0 radical (unpaired) electrons. The van der Waals surface area contributed by atoms with Crippen molar-refractivity contribution in [2.24, 2.45) is 0 Å². The molecule has 1 N–H and O–H groups in total. The van der Waals surface area contributed by atoms with Crippen LogP contribution in [0.25, 0.3) is 10.8 Å². The molecular formula is C20H18ClNO3. The Morgan fingerprint density at radius 1 is 1.32 bits per heavy atom. The van der Waals surface area contributed by atoms with Gasteiger partial charge in [0, 0.05) is 11.6 Å². The van der Waals surface area contributed by atoms with Crippen LogP contribution in [-0.2, 0) is 11.2 Å². The highest BCUT2D eigenvalue weighted by molar-refractivity contribution is 6.36. The Morgan fingerprint density at radius 2 is 2.16 bits per heavy atom. The number of carbonyl (C=O) groups is 1. The zero-order chi connectivity index (χ0) is 17.6. The van der Waals surface area contributed by atoms with Crippen LogP contribution >= 0.6 is 11.6 Å². The zero-order valence-corrected chi connectivity index (χ0v) is 14.6. The van der Waals surface area contributed by atoms with Crippen LogP contribution < -0.4 is 0 Å². The van der Waals surface area contributed by atoms with Gasteiger partial charge < -0.3 is 14.4 Å². The van der Waals surface area contributed by atoms with Gasteiger partial charge in [-0.15, -0.1) is 0 Å². The Labute approximate surface area is 150 Å². The van der Waals surface area contributed by atoms with Crippen molar-refractivity contribution < 1.29 is 14.6 Å². The summed E-state index contributed by atoms with van der Waals surface area (Å²) in [5.74, 6) is -0.182. The molecule has 128 valence electrons. The molecule has 0 bridgehead atoms. The molecule has 1 heterocycles. The Hall–Kier alpha value is -2.46. The van der Waals surface area contributed by atoms with Crippen molar-refractivity contribution in [2.45, 2.75) is 25.3 Å². The van der Waals surface area contributed by atoms with E-state index in [1.165, 1.54) is 12.7 Å². The second-order valence-corrected chi connectivity index (χ2v) is 6.78. The summed E-state index contributed by atoms with van der Waals surface area (Å²) in [6.45, 7) is 0. The molecule has 2 aromatic carbocycles. The number of fused-ring (bicyclic) bond motifs is 2. The molecule has 0 fully saturated rings. The quantitative estimate of drug-likeness (QED) is 0.677. The summed E-state index contributed by atoms with van der Waals surface area (Å²) in [5.41, 5.74) is 2.79. The van der Waals surface area contributed by atoms with Gasteiger partial charge in [-0.25, -0.2) is 4.79 Å². The standard InChI is InChI=1S/C20H18ClNO3/c1-25-20(24)13-9-8-12-4-3-7-17(15(12)10-13)22-11-14-5-2-6-16(21)18(14)19(22)23/h2,5-6,8-11,17,23H,3-4,7H2,1H3/t17-/m0/s1. The van der Waals surface area contributed by atoms with E-state index < -0.39 is 0 Å². The molecule has 25 heavy (non-hydrogen) atoms. The van der Waals surface area contributed by atoms with Gasteiger partial charge in [-0.3, -0.25) is 0 Å². The van der Waals surface area contributed by atoms with Crippen LogP contribution in [0, 0.1) is 0 Å². The number of ether oxygens (including phenoxy) is 1. The molecule has 0 saturated heterocycles. The third-order valence-corrected chi connectivity index (χ3v) is 5.29. The molecule has 0 spiro atoms. The third kappa shape index (κ3) is 2.57. The van der Waals surface area contributed by atoms with E-state index in [4.69, 9.17) is 16.3 Å². The molecule has 0 aliphatic heterocycles. The van der Waals surface area contributed by atoms with Crippen LogP contribution in [0.4, 0.5) is 0 Å². The fourth-order valence-electron chi connectivity index (χ4n) is 3.77. The van der Waals surface area contributed by atoms with Crippen molar-refractivity contribution in [3.05, 3.63) is 64.3 Å². The lowest BCUT2D eigenvalue weighted by atomic mass is 9.86. The van der Waals surface area contributed by atoms with E-state index in [-0.39, 0.29) is 17.9 Å². The van der Waals surface area contributed by atoms with Gasteiger partial charge >= 0.3 is 5.97 Å². The maximum atomic E-state index is 11.9. The van der Waals surface area contributed by atoms with E-state index in [1.807, 2.05) is 35.0 Å². The highest BCUT2D eigenvalue weighted by Crippen LogP contribution is 2.41. The number of aromatic nitrogens is 1. The Balaban J connectivity index is 1.87. The van der Waals surface area contributed by atoms with Gasteiger partial charge in [0.05, 0.1) is 29.1 Å². The number of hydrogen-bond acceptors (Lipinski definition) is 3. The lowest BCUT2D eigenvalue weighted by molar-refractivity contribution is 0.0600. The molecule has 1 aliphatic carbocycles. The summed E-state index contributed by atoms with van der Waals surface area (Å²) in [7, 11) is 1.38. The third-order valence-electron chi connectivity index (χ3n) is 4.98. The van der Waals surface area contributed by atoms with Crippen LogP contribution in [-0.4, -0.2) is 22.8 Å². The zero-order valence-electron chi connectivity index (χ0n) is 13.8. The van der Waals surface area contributed by atoms with Gasteiger partial charge in [0.2, 0.25) is 5.88 Å². The normalized spacial score (nSPS) is 16.6. The number of aryl methyl sites for hydroxylation is 1. The van der Waals surface area contributed by atoms with Gasteiger partial charge in [-0.05, 0) is 48.6 Å². The lowest BCUT2D eigenvalue weighted by Crippen LogP contribution is -2.17. The molecule has 1 atom stereocenters. The Bertz CT molecular complexity index is 976. The predicted molar refractivity (Wildman–Crippen MR) is 97.5 cm³/mol. The molecule has 3 aromatic rings. The van der Waals surface area contributed by atoms with Crippen molar-refractivity contribution >= 4 is 28.3 Å². The minimum atomic E-state index is -0.350. The minimum absolute atomic E-state index is 0.0307. The largest absolute Gasteiger partial charge is 0.494 e. The van der Waals surface area contributed by atoms with Gasteiger partial charge in [-0.2, -0.15) is 0 Å². The Kier molecular flexibility index (Phi) is 3.92. The molecule has 0 saturated carbocycles. The second kappa shape index (κ2) is 6.12. The molecule has 1 aromatic heterocycles. The van der Waals surface area contributed by atoms with Crippen molar-refractivity contribution in [1.29, 1.82) is 0 Å². The first kappa shape index (κ1) is 16.0. The van der Waals surface area contributed by atoms with E-state index in [0.29, 0.717) is 16.0 Å². The predicted octanol–water partition coefficient (Wildman–Crippen LogP) is 4.71. The Morgan fingerprint density at radius 3 is 2.92 bits per heavy atom. The topological polar surface area (TPSA) is 51.5 Å². The number of halogens is 1. The van der Waals surface area contributed by atoms with Crippen LogP contribution in [0.3, 0.4) is 0 Å². The number of carbonyl (C=O) groups excluding carboxylic acids is 1. The smallest absolute Gasteiger partial charge is 0.337 e. The van der Waals surface area contributed by atoms with Crippen molar-refractivity contribution in [3.8, 4) is 5.88 Å². The first-order valence-corrected chi connectivity index (χ1v) is 8.67. The highest BCUT2D eigenvalue weighted by Gasteiger charge is 2.26. The summed E-state index contributed by atoms with van der Waals surface area (Å²) < 4.78 is 6.71. The summed E-state index contributed by atoms with van der Waals surface area (Å²) in [4.78, 5) is 11.9. The molecule has 1 aliphatic rings. The number of nitrogens with zero attached hydrogens (tertiary/aromatic N) is 1. The SMILES string of the molecule is COC(=O)c1ccc2c(c1)[C@@H](n1cc3cccc(Cl)c3c1O)CCC2. The summed E-state index contributed by atoms with van der Waals surface area (Å²) in [6, 6.07) is 11.2. The molecule has 0 unspecified atom stereocenters. The number of benzene rings is 2. The lowest BCUT2D eigenvalue weighted by Gasteiger charge is -2.27. The molecular weight excluding hydrogens is 338 g/mol. The second-order valence-electron chi connectivity index (χ2n) is 6.38. The van der Waals surface area contributed by atoms with E-state index in [1.54, 1.807) is 12.1 Å². The number of methoxy groups -OCH3 is 1. The first-order chi connectivity index (χ1) is 12.1. The fraction of sp³-hybridized carbons (Fsp3) is 0.250. The van der Waals surface area contributed by atoms with Crippen LogP contribution in [0.15, 0.2) is 42.6 Å². The summed E-state index contributed by atoms with van der Waals surface area (Å²) >= 11 is 6.27. The average molecular weight is 356 g/mol. The van der Waals surface area contributed by atoms with E-state index in [2.05, 4.69) is 0 Å². The maximum Gasteiger partial charge on any atom is 0.337 e. The maximum absolute atomic E-state index is 11.9. The number of aromatic hydroxyl groups is 1. The fourth-order valence-corrected chi connectivity index (χ4v) is 4.04. The van der Waals surface area contributed by atoms with Crippen molar-refractivity contribution in [3.63, 3.8) is 0 Å². The summed E-state index contributed by atoms with van der Waals surface area (Å²) in [5, 5.41) is 12.9. The van der Waals surface area contributed by atoms with E-state index in [0.717, 1.165) is 30.2 Å². The van der Waals surface area contributed by atoms with Crippen LogP contribution in [0.2, 0.25) is 5.02 Å². The summed E-state index contributed by atoms with van der Waals surface area (Å²) in [6.07, 6.45) is 4.82. The number of rotatable bonds is 2. The van der Waals surface area contributed by atoms with Crippen LogP contribution in [0.1, 0.15) is 40.4 Å². The molecule has 0 amide bonds.